The van der Waals surface area contributed by atoms with Crippen molar-refractivity contribution in [2.45, 2.75) is 0 Å². The van der Waals surface area contributed by atoms with Gasteiger partial charge in [0, 0.05) is 24.1 Å². The summed E-state index contributed by atoms with van der Waals surface area (Å²) in [6.45, 7) is 0. The number of hydrogen-bond donors (Lipinski definition) is 1. The van der Waals surface area contributed by atoms with Crippen molar-refractivity contribution >= 4 is 51.5 Å². The molecule has 0 aliphatic carbocycles. The van der Waals surface area contributed by atoms with E-state index in [-0.39, 0.29) is 16.7 Å². The van der Waals surface area contributed by atoms with Crippen molar-refractivity contribution in [1.29, 1.82) is 0 Å². The molecule has 0 bridgehead atoms. The van der Waals surface area contributed by atoms with Crippen LogP contribution >= 0.6 is 11.6 Å². The molecule has 4 rings (SSSR count). The lowest BCUT2D eigenvalue weighted by Crippen LogP contribution is -2.01. The molecule has 0 radical (unpaired) electrons. The van der Waals surface area contributed by atoms with E-state index in [0.29, 0.717) is 16.7 Å². The lowest BCUT2D eigenvalue weighted by molar-refractivity contribution is -0.384. The molecule has 0 fully saturated rings. The van der Waals surface area contributed by atoms with Gasteiger partial charge in [-0.3, -0.25) is 10.1 Å². The first-order chi connectivity index (χ1) is 13.0. The van der Waals surface area contributed by atoms with E-state index in [9.17, 15) is 10.1 Å². The molecule has 0 saturated carbocycles. The van der Waals surface area contributed by atoms with Crippen LogP contribution in [-0.4, -0.2) is 30.9 Å². The van der Waals surface area contributed by atoms with Crippen molar-refractivity contribution < 1.29 is 4.92 Å². The van der Waals surface area contributed by atoms with Gasteiger partial charge in [-0.05, 0) is 12.1 Å². The third-order valence-corrected chi connectivity index (χ3v) is 4.37. The second-order valence-electron chi connectivity index (χ2n) is 5.72. The molecule has 27 heavy (non-hydrogen) atoms. The molecule has 10 heteroatoms. The quantitative estimate of drug-likeness (QED) is 0.329. The topological polar surface area (TPSA) is 111 Å². The van der Waals surface area contributed by atoms with Crippen LogP contribution in [0.5, 0.6) is 0 Å². The van der Waals surface area contributed by atoms with Crippen LogP contribution in [0.3, 0.4) is 0 Å². The van der Waals surface area contributed by atoms with Crippen LogP contribution < -0.4 is 5.43 Å². The van der Waals surface area contributed by atoms with Crippen LogP contribution in [0.15, 0.2) is 47.6 Å². The fourth-order valence-corrected chi connectivity index (χ4v) is 2.95. The lowest BCUT2D eigenvalue weighted by atomic mass is 10.2. The summed E-state index contributed by atoms with van der Waals surface area (Å²) in [6.07, 6.45) is 1.42. The summed E-state index contributed by atoms with van der Waals surface area (Å²) in [5, 5.41) is 24.2. The molecule has 0 spiro atoms. The molecular formula is C17H12ClN7O2. The molecular weight excluding hydrogens is 370 g/mol. The lowest BCUT2D eigenvalue weighted by Gasteiger charge is -2.00. The number of rotatable bonds is 4. The van der Waals surface area contributed by atoms with Gasteiger partial charge in [-0.2, -0.15) is 10.1 Å². The molecule has 0 aliphatic rings. The minimum atomic E-state index is -0.547. The number of halogens is 1. The van der Waals surface area contributed by atoms with Gasteiger partial charge in [0.1, 0.15) is 10.5 Å². The van der Waals surface area contributed by atoms with E-state index in [1.165, 1.54) is 18.3 Å². The number of nitro groups is 1. The molecule has 0 amide bonds. The van der Waals surface area contributed by atoms with Gasteiger partial charge in [0.05, 0.1) is 16.7 Å². The van der Waals surface area contributed by atoms with Crippen molar-refractivity contribution in [2.75, 3.05) is 5.43 Å². The summed E-state index contributed by atoms with van der Waals surface area (Å²) in [5.41, 5.74) is 5.40. The number of fused-ring (bicyclic) bond motifs is 3. The van der Waals surface area contributed by atoms with Crippen LogP contribution in [-0.2, 0) is 7.05 Å². The minimum Gasteiger partial charge on any atom is -0.327 e. The monoisotopic (exact) mass is 381 g/mol. The Bertz CT molecular complexity index is 1220. The number of para-hydroxylation sites is 1. The maximum Gasteiger partial charge on any atom is 0.288 e. The van der Waals surface area contributed by atoms with Crippen molar-refractivity contribution in [3.63, 3.8) is 0 Å². The van der Waals surface area contributed by atoms with Crippen molar-refractivity contribution in [2.24, 2.45) is 12.1 Å². The number of hydrazone groups is 1. The average Bonchev–Trinajstić information content (AvgIpc) is 2.95. The molecule has 134 valence electrons. The van der Waals surface area contributed by atoms with E-state index in [0.717, 1.165) is 10.9 Å². The van der Waals surface area contributed by atoms with Gasteiger partial charge < -0.3 is 4.57 Å². The highest BCUT2D eigenvalue weighted by Gasteiger charge is 2.13. The number of aromatic nitrogens is 4. The normalized spacial score (nSPS) is 11.5. The zero-order valence-corrected chi connectivity index (χ0v) is 14.8. The van der Waals surface area contributed by atoms with Crippen LogP contribution in [0, 0.1) is 10.1 Å². The summed E-state index contributed by atoms with van der Waals surface area (Å²) in [7, 11) is 1.90. The zero-order valence-electron chi connectivity index (χ0n) is 14.0. The Kier molecular flexibility index (Phi) is 4.13. The number of nitrogens with one attached hydrogen (secondary N) is 1. The highest BCUT2D eigenvalue weighted by atomic mass is 35.5. The van der Waals surface area contributed by atoms with Gasteiger partial charge in [-0.25, -0.2) is 5.43 Å². The summed E-state index contributed by atoms with van der Waals surface area (Å²) in [6, 6.07) is 12.2. The molecule has 0 atom stereocenters. The average molecular weight is 382 g/mol. The number of anilines is 1. The van der Waals surface area contributed by atoms with Crippen molar-refractivity contribution in [3.05, 3.63) is 63.2 Å². The Labute approximate surface area is 157 Å². The van der Waals surface area contributed by atoms with Gasteiger partial charge in [-0.1, -0.05) is 35.9 Å². The fourth-order valence-electron chi connectivity index (χ4n) is 2.77. The molecule has 0 aliphatic heterocycles. The number of hydrogen-bond acceptors (Lipinski definition) is 7. The molecule has 2 aromatic carbocycles. The Hall–Kier alpha value is -3.59. The Balaban J connectivity index is 1.62. The first-order valence-corrected chi connectivity index (χ1v) is 8.23. The van der Waals surface area contributed by atoms with E-state index < -0.39 is 4.92 Å². The Morgan fingerprint density at radius 1 is 1.26 bits per heavy atom. The van der Waals surface area contributed by atoms with E-state index in [1.54, 1.807) is 6.07 Å². The van der Waals surface area contributed by atoms with E-state index in [1.807, 2.05) is 35.9 Å². The SMILES string of the molecule is Cn1c2ccccc2c2nnc(NN=Cc3ccc(Cl)c([N+](=O)[O-])c3)nc21. The van der Waals surface area contributed by atoms with Crippen LogP contribution in [0.1, 0.15) is 5.56 Å². The number of nitrogens with zero attached hydrogens (tertiary/aromatic N) is 6. The first-order valence-electron chi connectivity index (χ1n) is 7.85. The van der Waals surface area contributed by atoms with Crippen molar-refractivity contribution in [3.8, 4) is 0 Å². The molecule has 1 N–H and O–H groups in total. The molecule has 0 unspecified atom stereocenters. The van der Waals surface area contributed by atoms with Crippen LogP contribution in [0.4, 0.5) is 11.6 Å². The molecule has 9 nitrogen and oxygen atoms in total. The Morgan fingerprint density at radius 3 is 2.89 bits per heavy atom. The van der Waals surface area contributed by atoms with E-state index in [2.05, 4.69) is 25.7 Å². The summed E-state index contributed by atoms with van der Waals surface area (Å²) in [4.78, 5) is 14.8. The van der Waals surface area contributed by atoms with E-state index in [4.69, 9.17) is 11.6 Å². The van der Waals surface area contributed by atoms with Crippen molar-refractivity contribution in [1.82, 2.24) is 19.7 Å². The molecule has 2 heterocycles. The third kappa shape index (κ3) is 3.04. The molecule has 0 saturated heterocycles. The second-order valence-corrected chi connectivity index (χ2v) is 6.13. The van der Waals surface area contributed by atoms with Gasteiger partial charge in [0.25, 0.3) is 11.6 Å². The Morgan fingerprint density at radius 2 is 2.07 bits per heavy atom. The molecule has 2 aromatic heterocycles. The second kappa shape index (κ2) is 6.61. The summed E-state index contributed by atoms with van der Waals surface area (Å²) in [5.74, 6) is 0.216. The largest absolute Gasteiger partial charge is 0.327 e. The maximum atomic E-state index is 10.9. The maximum absolute atomic E-state index is 10.9. The highest BCUT2D eigenvalue weighted by molar-refractivity contribution is 6.32. The predicted octanol–water partition coefficient (Wildman–Crippen LogP) is 3.52. The number of aryl methyl sites for hydroxylation is 1. The van der Waals surface area contributed by atoms with Crippen LogP contribution in [0.25, 0.3) is 22.1 Å². The predicted molar refractivity (Wildman–Crippen MR) is 103 cm³/mol. The smallest absolute Gasteiger partial charge is 0.288 e. The van der Waals surface area contributed by atoms with E-state index >= 15 is 0 Å². The number of benzene rings is 2. The molecule has 4 aromatic rings. The highest BCUT2D eigenvalue weighted by Crippen LogP contribution is 2.25. The van der Waals surface area contributed by atoms with Crippen LogP contribution in [0.2, 0.25) is 5.02 Å². The summed E-state index contributed by atoms with van der Waals surface area (Å²) >= 11 is 5.79. The minimum absolute atomic E-state index is 0.0684. The number of nitro benzene ring substituents is 1. The fraction of sp³-hybridized carbons (Fsp3) is 0.0588. The summed E-state index contributed by atoms with van der Waals surface area (Å²) < 4.78 is 1.93. The van der Waals surface area contributed by atoms with Gasteiger partial charge in [-0.15, -0.1) is 10.2 Å². The van der Waals surface area contributed by atoms with Gasteiger partial charge >= 0.3 is 0 Å². The van der Waals surface area contributed by atoms with Gasteiger partial charge in [0.2, 0.25) is 0 Å². The zero-order chi connectivity index (χ0) is 19.0. The standard InChI is InChI=1S/C17H12ClN7O2/c1-24-13-5-3-2-4-11(13)15-16(24)20-17(23-21-15)22-19-9-10-6-7-12(18)14(8-10)25(26)27/h2-9H,1H3,(H,20,22,23). The first kappa shape index (κ1) is 16.9. The third-order valence-electron chi connectivity index (χ3n) is 4.05. The van der Waals surface area contributed by atoms with Gasteiger partial charge in [0.15, 0.2) is 5.65 Å².